The zero-order valence-corrected chi connectivity index (χ0v) is 14.7. The van der Waals surface area contributed by atoms with Crippen molar-refractivity contribution in [3.8, 4) is 11.4 Å². The summed E-state index contributed by atoms with van der Waals surface area (Å²) in [5.41, 5.74) is 5.49. The highest BCUT2D eigenvalue weighted by atomic mass is 35.5. The van der Waals surface area contributed by atoms with Gasteiger partial charge in [-0.2, -0.15) is 4.98 Å². The lowest BCUT2D eigenvalue weighted by molar-refractivity contribution is -0.121. The molecule has 0 atom stereocenters. The molecule has 0 aliphatic carbocycles. The van der Waals surface area contributed by atoms with Crippen LogP contribution in [0.4, 0.5) is 4.39 Å². The molecule has 0 unspecified atom stereocenters. The van der Waals surface area contributed by atoms with E-state index in [1.807, 2.05) is 0 Å². The number of carbonyl (C=O) groups excluding carboxylic acids is 2. The van der Waals surface area contributed by atoms with E-state index in [0.29, 0.717) is 16.7 Å². The summed E-state index contributed by atoms with van der Waals surface area (Å²) in [6.45, 7) is 0. The van der Waals surface area contributed by atoms with Crippen molar-refractivity contribution in [1.29, 1.82) is 0 Å². The minimum Gasteiger partial charge on any atom is -0.339 e. The van der Waals surface area contributed by atoms with Gasteiger partial charge in [0, 0.05) is 29.0 Å². The molecule has 0 spiro atoms. The van der Waals surface area contributed by atoms with Crippen LogP contribution in [0.15, 0.2) is 53.1 Å². The summed E-state index contributed by atoms with van der Waals surface area (Å²) in [5, 5.41) is 4.45. The second-order valence-corrected chi connectivity index (χ2v) is 5.96. The highest BCUT2D eigenvalue weighted by molar-refractivity contribution is 6.30. The van der Waals surface area contributed by atoms with Gasteiger partial charge in [-0.1, -0.05) is 16.8 Å². The van der Waals surface area contributed by atoms with E-state index in [1.54, 1.807) is 24.3 Å². The van der Waals surface area contributed by atoms with Crippen LogP contribution in [0, 0.1) is 5.82 Å². The van der Waals surface area contributed by atoms with Crippen LogP contribution in [0.1, 0.15) is 22.7 Å². The Morgan fingerprint density at radius 3 is 2.44 bits per heavy atom. The van der Waals surface area contributed by atoms with Gasteiger partial charge in [0.1, 0.15) is 5.82 Å². The molecule has 0 fully saturated rings. The molecule has 0 saturated heterocycles. The van der Waals surface area contributed by atoms with Crippen LogP contribution in [0.5, 0.6) is 0 Å². The van der Waals surface area contributed by atoms with E-state index < -0.39 is 17.6 Å². The molecule has 2 amide bonds. The summed E-state index contributed by atoms with van der Waals surface area (Å²) in [7, 11) is 0. The maximum atomic E-state index is 12.8. The van der Waals surface area contributed by atoms with E-state index in [0.717, 1.165) is 17.7 Å². The third-order valence-corrected chi connectivity index (χ3v) is 3.81. The molecule has 0 aliphatic rings. The fourth-order valence-electron chi connectivity index (χ4n) is 2.16. The van der Waals surface area contributed by atoms with Crippen molar-refractivity contribution in [2.45, 2.75) is 12.8 Å². The van der Waals surface area contributed by atoms with Gasteiger partial charge in [-0.25, -0.2) is 4.39 Å². The van der Waals surface area contributed by atoms with Crippen molar-refractivity contribution in [2.24, 2.45) is 0 Å². The van der Waals surface area contributed by atoms with Crippen LogP contribution in [-0.2, 0) is 11.2 Å². The molecule has 7 nitrogen and oxygen atoms in total. The van der Waals surface area contributed by atoms with Crippen molar-refractivity contribution < 1.29 is 18.5 Å². The molecule has 138 valence electrons. The molecule has 2 N–H and O–H groups in total. The topological polar surface area (TPSA) is 97.1 Å². The Bertz CT molecular complexity index is 942. The fraction of sp³-hybridized carbons (Fsp3) is 0.111. The maximum Gasteiger partial charge on any atom is 0.269 e. The number of amides is 2. The first-order valence-electron chi connectivity index (χ1n) is 7.94. The van der Waals surface area contributed by atoms with Crippen molar-refractivity contribution in [3.63, 3.8) is 0 Å². The maximum absolute atomic E-state index is 12.8. The Morgan fingerprint density at radius 1 is 1.04 bits per heavy atom. The average molecular weight is 389 g/mol. The molecule has 0 saturated carbocycles. The summed E-state index contributed by atoms with van der Waals surface area (Å²) in [4.78, 5) is 27.9. The van der Waals surface area contributed by atoms with Gasteiger partial charge in [0.25, 0.3) is 5.91 Å². The standard InChI is InChI=1S/C18H14ClFN4O3/c19-13-5-1-11(2-6-13)17-21-16(27-24-17)10-9-15(25)22-23-18(26)12-3-7-14(20)8-4-12/h1-8H,9-10H2,(H,22,25)(H,23,26). The first kappa shape index (κ1) is 18.5. The zero-order chi connectivity index (χ0) is 19.2. The molecule has 0 aliphatic heterocycles. The summed E-state index contributed by atoms with van der Waals surface area (Å²) in [6, 6.07) is 11.9. The second kappa shape index (κ2) is 8.41. The molecule has 1 heterocycles. The van der Waals surface area contributed by atoms with Crippen molar-refractivity contribution in [3.05, 3.63) is 70.8 Å². The van der Waals surface area contributed by atoms with E-state index in [4.69, 9.17) is 16.1 Å². The quantitative estimate of drug-likeness (QED) is 0.655. The Kier molecular flexibility index (Phi) is 5.77. The number of nitrogens with one attached hydrogen (secondary N) is 2. The third kappa shape index (κ3) is 5.11. The zero-order valence-electron chi connectivity index (χ0n) is 13.9. The van der Waals surface area contributed by atoms with E-state index in [9.17, 15) is 14.0 Å². The summed E-state index contributed by atoms with van der Waals surface area (Å²) in [6.07, 6.45) is 0.241. The largest absolute Gasteiger partial charge is 0.339 e. The number of rotatable bonds is 5. The molecule has 3 aromatic rings. The van der Waals surface area contributed by atoms with Gasteiger partial charge in [-0.3, -0.25) is 20.4 Å². The molecule has 9 heteroatoms. The molecular formula is C18H14ClFN4O3. The summed E-state index contributed by atoms with van der Waals surface area (Å²) in [5.74, 6) is -0.748. The van der Waals surface area contributed by atoms with Crippen molar-refractivity contribution >= 4 is 23.4 Å². The molecule has 1 aromatic heterocycles. The van der Waals surface area contributed by atoms with Crippen LogP contribution >= 0.6 is 11.6 Å². The fourth-order valence-corrected chi connectivity index (χ4v) is 2.28. The van der Waals surface area contributed by atoms with E-state index in [-0.39, 0.29) is 18.4 Å². The lowest BCUT2D eigenvalue weighted by Crippen LogP contribution is -2.41. The second-order valence-electron chi connectivity index (χ2n) is 5.53. The van der Waals surface area contributed by atoms with Crippen LogP contribution in [0.3, 0.4) is 0 Å². The normalized spacial score (nSPS) is 10.4. The number of benzene rings is 2. The minimum absolute atomic E-state index is 0.0337. The Labute approximate surface area is 158 Å². The van der Waals surface area contributed by atoms with Gasteiger partial charge in [-0.05, 0) is 48.5 Å². The number of hydrogen-bond acceptors (Lipinski definition) is 5. The lowest BCUT2D eigenvalue weighted by Gasteiger charge is -2.06. The summed E-state index contributed by atoms with van der Waals surface area (Å²) >= 11 is 5.83. The predicted octanol–water partition coefficient (Wildman–Crippen LogP) is 2.92. The van der Waals surface area contributed by atoms with Crippen LogP contribution < -0.4 is 10.9 Å². The highest BCUT2D eigenvalue weighted by Crippen LogP contribution is 2.18. The van der Waals surface area contributed by atoms with E-state index >= 15 is 0 Å². The first-order valence-corrected chi connectivity index (χ1v) is 8.32. The third-order valence-electron chi connectivity index (χ3n) is 3.56. The smallest absolute Gasteiger partial charge is 0.269 e. The number of carbonyl (C=O) groups is 2. The van der Waals surface area contributed by atoms with E-state index in [2.05, 4.69) is 21.0 Å². The number of hydrazine groups is 1. The van der Waals surface area contributed by atoms with Gasteiger partial charge in [0.05, 0.1) is 0 Å². The lowest BCUT2D eigenvalue weighted by atomic mass is 10.2. The van der Waals surface area contributed by atoms with Gasteiger partial charge < -0.3 is 4.52 Å². The first-order chi connectivity index (χ1) is 13.0. The molecule has 2 aromatic carbocycles. The number of aromatic nitrogens is 2. The minimum atomic E-state index is -0.550. The van der Waals surface area contributed by atoms with Crippen molar-refractivity contribution in [2.75, 3.05) is 0 Å². The predicted molar refractivity (Wildman–Crippen MR) is 95.1 cm³/mol. The van der Waals surface area contributed by atoms with Gasteiger partial charge in [-0.15, -0.1) is 0 Å². The number of hydrogen-bond donors (Lipinski definition) is 2. The molecule has 27 heavy (non-hydrogen) atoms. The highest BCUT2D eigenvalue weighted by Gasteiger charge is 2.12. The molecule has 3 rings (SSSR count). The average Bonchev–Trinajstić information content (AvgIpc) is 3.14. The Morgan fingerprint density at radius 2 is 1.74 bits per heavy atom. The Balaban J connectivity index is 1.47. The monoisotopic (exact) mass is 388 g/mol. The van der Waals surface area contributed by atoms with Crippen LogP contribution in [0.25, 0.3) is 11.4 Å². The van der Waals surface area contributed by atoms with E-state index in [1.165, 1.54) is 12.1 Å². The number of nitrogens with zero attached hydrogens (tertiary/aromatic N) is 2. The van der Waals surface area contributed by atoms with Gasteiger partial charge >= 0.3 is 0 Å². The molecule has 0 bridgehead atoms. The van der Waals surface area contributed by atoms with Crippen molar-refractivity contribution in [1.82, 2.24) is 21.0 Å². The Hall–Kier alpha value is -3.26. The SMILES string of the molecule is O=C(CCc1nc(-c2ccc(Cl)cc2)no1)NNC(=O)c1ccc(F)cc1. The summed E-state index contributed by atoms with van der Waals surface area (Å²) < 4.78 is 17.9. The van der Waals surface area contributed by atoms with Crippen LogP contribution in [0.2, 0.25) is 5.02 Å². The van der Waals surface area contributed by atoms with Crippen LogP contribution in [-0.4, -0.2) is 22.0 Å². The number of aryl methyl sites for hydroxylation is 1. The number of halogens is 2. The molecular weight excluding hydrogens is 375 g/mol. The van der Waals surface area contributed by atoms with Gasteiger partial charge in [0.15, 0.2) is 0 Å². The van der Waals surface area contributed by atoms with Gasteiger partial charge in [0.2, 0.25) is 17.6 Å². The molecule has 0 radical (unpaired) electrons.